The van der Waals surface area contributed by atoms with Crippen LogP contribution in [0.5, 0.6) is 0 Å². The summed E-state index contributed by atoms with van der Waals surface area (Å²) in [5, 5.41) is 0.513. The Kier molecular flexibility index (Phi) is 2.73. The lowest BCUT2D eigenvalue weighted by Crippen LogP contribution is -1.92. The van der Waals surface area contributed by atoms with Gasteiger partial charge in [-0.25, -0.2) is 4.39 Å². The van der Waals surface area contributed by atoms with E-state index < -0.39 is 0 Å². The molecule has 0 atom stereocenters. The van der Waals surface area contributed by atoms with E-state index in [-0.39, 0.29) is 5.82 Å². The second-order valence-electron chi connectivity index (χ2n) is 3.26. The molecule has 0 unspecified atom stereocenters. The molecule has 0 saturated carbocycles. The topological polar surface area (TPSA) is 0 Å². The van der Waals surface area contributed by atoms with Crippen LogP contribution < -0.4 is 0 Å². The van der Waals surface area contributed by atoms with E-state index in [1.165, 1.54) is 0 Å². The summed E-state index contributed by atoms with van der Waals surface area (Å²) in [6.07, 6.45) is 0. The van der Waals surface area contributed by atoms with E-state index in [2.05, 4.69) is 0 Å². The van der Waals surface area contributed by atoms with Crippen LogP contribution in [0.3, 0.4) is 0 Å². The van der Waals surface area contributed by atoms with Crippen LogP contribution in [0.4, 0.5) is 4.39 Å². The van der Waals surface area contributed by atoms with E-state index in [4.69, 9.17) is 11.6 Å². The molecule has 0 spiro atoms. The maximum atomic E-state index is 13.1. The zero-order valence-corrected chi connectivity index (χ0v) is 8.24. The van der Waals surface area contributed by atoms with Gasteiger partial charge in [-0.2, -0.15) is 0 Å². The SMILES string of the molecule is Cc1c(F)cc(C(C)C)cc1Cl. The molecule has 0 nitrogen and oxygen atoms in total. The van der Waals surface area contributed by atoms with Gasteiger partial charge in [0.2, 0.25) is 0 Å². The summed E-state index contributed by atoms with van der Waals surface area (Å²) in [4.78, 5) is 0. The van der Waals surface area contributed by atoms with Crippen molar-refractivity contribution in [1.82, 2.24) is 0 Å². The molecule has 2 heteroatoms. The van der Waals surface area contributed by atoms with Crippen molar-refractivity contribution in [2.45, 2.75) is 26.7 Å². The molecule has 1 aromatic rings. The molecule has 0 aliphatic carbocycles. The molecule has 0 amide bonds. The summed E-state index contributed by atoms with van der Waals surface area (Å²) in [6.45, 7) is 5.71. The molecule has 0 aliphatic heterocycles. The second kappa shape index (κ2) is 3.44. The van der Waals surface area contributed by atoms with Crippen molar-refractivity contribution < 1.29 is 4.39 Å². The Bertz CT molecular complexity index is 269. The van der Waals surface area contributed by atoms with Crippen LogP contribution in [-0.2, 0) is 0 Å². The molecule has 0 aliphatic rings. The molecule has 0 aromatic heterocycles. The molecule has 66 valence electrons. The van der Waals surface area contributed by atoms with Gasteiger partial charge in [0.1, 0.15) is 5.82 Å². The summed E-state index contributed by atoms with van der Waals surface area (Å²) in [6, 6.07) is 3.37. The fourth-order valence-electron chi connectivity index (χ4n) is 0.998. The van der Waals surface area contributed by atoms with Crippen LogP contribution in [0.15, 0.2) is 12.1 Å². The highest BCUT2D eigenvalue weighted by Gasteiger charge is 2.07. The van der Waals surface area contributed by atoms with E-state index in [0.717, 1.165) is 5.56 Å². The van der Waals surface area contributed by atoms with Crippen molar-refractivity contribution in [3.63, 3.8) is 0 Å². The molecule has 0 heterocycles. The zero-order valence-electron chi connectivity index (χ0n) is 7.49. The minimum Gasteiger partial charge on any atom is -0.207 e. The quantitative estimate of drug-likeness (QED) is 0.624. The van der Waals surface area contributed by atoms with E-state index in [0.29, 0.717) is 16.5 Å². The van der Waals surface area contributed by atoms with Crippen molar-refractivity contribution in [3.8, 4) is 0 Å². The molecule has 1 aromatic carbocycles. The third-order valence-electron chi connectivity index (χ3n) is 1.97. The van der Waals surface area contributed by atoms with Gasteiger partial charge in [-0.05, 0) is 30.5 Å². The summed E-state index contributed by atoms with van der Waals surface area (Å²) in [5.74, 6) is 0.101. The van der Waals surface area contributed by atoms with Crippen LogP contribution in [0.2, 0.25) is 5.02 Å². The first-order valence-corrected chi connectivity index (χ1v) is 4.35. The molecule has 1 rings (SSSR count). The van der Waals surface area contributed by atoms with Gasteiger partial charge in [0.25, 0.3) is 0 Å². The largest absolute Gasteiger partial charge is 0.207 e. The van der Waals surface area contributed by atoms with Crippen molar-refractivity contribution in [3.05, 3.63) is 34.1 Å². The van der Waals surface area contributed by atoms with Gasteiger partial charge in [-0.15, -0.1) is 0 Å². The molecule has 0 bridgehead atoms. The summed E-state index contributed by atoms with van der Waals surface area (Å²) in [7, 11) is 0. The number of hydrogen-bond donors (Lipinski definition) is 0. The highest BCUT2D eigenvalue weighted by Crippen LogP contribution is 2.24. The minimum atomic E-state index is -0.216. The predicted octanol–water partition coefficient (Wildman–Crippen LogP) is 3.91. The summed E-state index contributed by atoms with van der Waals surface area (Å²) in [5.41, 5.74) is 1.48. The fourth-order valence-corrected chi connectivity index (χ4v) is 1.21. The third kappa shape index (κ3) is 1.78. The van der Waals surface area contributed by atoms with Gasteiger partial charge in [0.15, 0.2) is 0 Å². The fraction of sp³-hybridized carbons (Fsp3) is 0.400. The number of halogens is 2. The Morgan fingerprint density at radius 3 is 2.33 bits per heavy atom. The van der Waals surface area contributed by atoms with E-state index in [9.17, 15) is 4.39 Å². The van der Waals surface area contributed by atoms with Gasteiger partial charge in [-0.3, -0.25) is 0 Å². The van der Waals surface area contributed by atoms with Crippen LogP contribution >= 0.6 is 11.6 Å². The molecule has 12 heavy (non-hydrogen) atoms. The molecule has 0 fully saturated rings. The van der Waals surface area contributed by atoms with Crippen LogP contribution in [0.25, 0.3) is 0 Å². The first-order chi connectivity index (χ1) is 5.52. The number of rotatable bonds is 1. The lowest BCUT2D eigenvalue weighted by atomic mass is 10.0. The second-order valence-corrected chi connectivity index (χ2v) is 3.67. The maximum Gasteiger partial charge on any atom is 0.127 e. The standard InChI is InChI=1S/C10H12ClF/c1-6(2)8-4-9(11)7(3)10(12)5-8/h4-6H,1-3H3. The van der Waals surface area contributed by atoms with E-state index in [1.54, 1.807) is 13.0 Å². The first-order valence-electron chi connectivity index (χ1n) is 3.98. The van der Waals surface area contributed by atoms with Crippen molar-refractivity contribution in [2.24, 2.45) is 0 Å². The molecule has 0 saturated heterocycles. The molecule has 0 radical (unpaired) electrons. The Morgan fingerprint density at radius 1 is 1.33 bits per heavy atom. The average Bonchev–Trinajstić information content (AvgIpc) is 1.99. The van der Waals surface area contributed by atoms with Crippen molar-refractivity contribution in [2.75, 3.05) is 0 Å². The summed E-state index contributed by atoms with van der Waals surface area (Å²) >= 11 is 5.82. The third-order valence-corrected chi connectivity index (χ3v) is 2.36. The van der Waals surface area contributed by atoms with E-state index in [1.807, 2.05) is 19.9 Å². The van der Waals surface area contributed by atoms with Gasteiger partial charge < -0.3 is 0 Å². The number of benzene rings is 1. The van der Waals surface area contributed by atoms with Gasteiger partial charge in [0, 0.05) is 10.6 Å². The minimum absolute atomic E-state index is 0.216. The van der Waals surface area contributed by atoms with Crippen LogP contribution in [0.1, 0.15) is 30.9 Å². The maximum absolute atomic E-state index is 13.1. The van der Waals surface area contributed by atoms with Crippen LogP contribution in [-0.4, -0.2) is 0 Å². The first kappa shape index (κ1) is 9.53. The zero-order chi connectivity index (χ0) is 9.30. The summed E-state index contributed by atoms with van der Waals surface area (Å²) < 4.78 is 13.1. The van der Waals surface area contributed by atoms with Crippen LogP contribution in [0, 0.1) is 12.7 Å². The lowest BCUT2D eigenvalue weighted by molar-refractivity contribution is 0.614. The van der Waals surface area contributed by atoms with Crippen molar-refractivity contribution in [1.29, 1.82) is 0 Å². The Balaban J connectivity index is 3.21. The molecular formula is C10H12ClF. The van der Waals surface area contributed by atoms with E-state index >= 15 is 0 Å². The monoisotopic (exact) mass is 186 g/mol. The normalized spacial score (nSPS) is 10.8. The Hall–Kier alpha value is -0.560. The van der Waals surface area contributed by atoms with Crippen molar-refractivity contribution >= 4 is 11.6 Å². The highest BCUT2D eigenvalue weighted by molar-refractivity contribution is 6.31. The molecular weight excluding hydrogens is 175 g/mol. The highest BCUT2D eigenvalue weighted by atomic mass is 35.5. The number of hydrogen-bond acceptors (Lipinski definition) is 0. The smallest absolute Gasteiger partial charge is 0.127 e. The van der Waals surface area contributed by atoms with Gasteiger partial charge >= 0.3 is 0 Å². The Morgan fingerprint density at radius 2 is 1.92 bits per heavy atom. The molecule has 0 N–H and O–H groups in total. The lowest BCUT2D eigenvalue weighted by Gasteiger charge is -2.08. The Labute approximate surface area is 77.4 Å². The predicted molar refractivity (Wildman–Crippen MR) is 50.2 cm³/mol. The average molecular weight is 187 g/mol. The van der Waals surface area contributed by atoms with Gasteiger partial charge in [-0.1, -0.05) is 25.4 Å². The van der Waals surface area contributed by atoms with Gasteiger partial charge in [0.05, 0.1) is 0 Å².